The smallest absolute Gasteiger partial charge is 0.175 e. The summed E-state index contributed by atoms with van der Waals surface area (Å²) in [7, 11) is 0. The molecule has 0 saturated carbocycles. The number of halogens is 3. The van der Waals surface area contributed by atoms with Crippen molar-refractivity contribution in [2.45, 2.75) is 6.92 Å². The average Bonchev–Trinajstić information content (AvgIpc) is 2.32. The highest BCUT2D eigenvalue weighted by Gasteiger charge is 2.04. The van der Waals surface area contributed by atoms with Crippen molar-refractivity contribution in [3.63, 3.8) is 0 Å². The number of hydrogen-bond donors (Lipinski definition) is 2. The molecule has 0 unspecified atom stereocenters. The lowest BCUT2D eigenvalue weighted by Gasteiger charge is -2.11. The Morgan fingerprint density at radius 1 is 1.00 bits per heavy atom. The van der Waals surface area contributed by atoms with Gasteiger partial charge in [-0.05, 0) is 55.0 Å². The van der Waals surface area contributed by atoms with Crippen LogP contribution in [0.3, 0.4) is 0 Å². The standard InChI is InChI=1S/C14H11ClF2N2S/c1-8-4-11(2-3-13(8)15)18-14(20)19-12-6-9(16)5-10(17)7-12/h2-7H,1H3,(H2,18,19,20). The monoisotopic (exact) mass is 312 g/mol. The fourth-order valence-electron chi connectivity index (χ4n) is 1.64. The van der Waals surface area contributed by atoms with E-state index in [1.54, 1.807) is 12.1 Å². The average molecular weight is 313 g/mol. The van der Waals surface area contributed by atoms with Crippen LogP contribution in [-0.4, -0.2) is 5.11 Å². The lowest BCUT2D eigenvalue weighted by molar-refractivity contribution is 0.584. The van der Waals surface area contributed by atoms with Crippen molar-refractivity contribution < 1.29 is 8.78 Å². The van der Waals surface area contributed by atoms with E-state index < -0.39 is 11.6 Å². The molecule has 0 aliphatic carbocycles. The number of rotatable bonds is 2. The predicted octanol–water partition coefficient (Wildman–Crippen LogP) is 4.74. The molecular weight excluding hydrogens is 302 g/mol. The van der Waals surface area contributed by atoms with Crippen molar-refractivity contribution in [2.75, 3.05) is 10.6 Å². The highest BCUT2D eigenvalue weighted by molar-refractivity contribution is 7.80. The van der Waals surface area contributed by atoms with Crippen molar-refractivity contribution in [1.82, 2.24) is 0 Å². The molecule has 6 heteroatoms. The highest BCUT2D eigenvalue weighted by Crippen LogP contribution is 2.20. The molecule has 2 N–H and O–H groups in total. The molecule has 0 aliphatic heterocycles. The van der Waals surface area contributed by atoms with Gasteiger partial charge in [-0.15, -0.1) is 0 Å². The lowest BCUT2D eigenvalue weighted by Crippen LogP contribution is -2.19. The molecule has 2 nitrogen and oxygen atoms in total. The number of anilines is 2. The Morgan fingerprint density at radius 2 is 1.60 bits per heavy atom. The Kier molecular flexibility index (Phi) is 4.52. The van der Waals surface area contributed by atoms with E-state index in [0.29, 0.717) is 5.02 Å². The summed E-state index contributed by atoms with van der Waals surface area (Å²) in [5.74, 6) is -1.34. The van der Waals surface area contributed by atoms with E-state index in [-0.39, 0.29) is 10.8 Å². The minimum atomic E-state index is -0.669. The predicted molar refractivity (Wildman–Crippen MR) is 82.4 cm³/mol. The Labute approximate surface area is 125 Å². The van der Waals surface area contributed by atoms with Gasteiger partial charge < -0.3 is 10.6 Å². The van der Waals surface area contributed by atoms with Gasteiger partial charge in [-0.3, -0.25) is 0 Å². The Hall–Kier alpha value is -1.72. The normalized spacial score (nSPS) is 10.2. The highest BCUT2D eigenvalue weighted by atomic mass is 35.5. The van der Waals surface area contributed by atoms with Crippen molar-refractivity contribution in [3.8, 4) is 0 Å². The van der Waals surface area contributed by atoms with Gasteiger partial charge in [-0.1, -0.05) is 11.6 Å². The summed E-state index contributed by atoms with van der Waals surface area (Å²) in [6, 6.07) is 8.43. The summed E-state index contributed by atoms with van der Waals surface area (Å²) >= 11 is 11.0. The van der Waals surface area contributed by atoms with Gasteiger partial charge in [0, 0.05) is 22.5 Å². The Balaban J connectivity index is 2.06. The molecular formula is C14H11ClF2N2S. The van der Waals surface area contributed by atoms with Crippen LogP contribution in [0.15, 0.2) is 36.4 Å². The van der Waals surface area contributed by atoms with Gasteiger partial charge in [0.1, 0.15) is 11.6 Å². The lowest BCUT2D eigenvalue weighted by atomic mass is 10.2. The second-order valence-corrected chi connectivity index (χ2v) is 5.02. The molecule has 2 rings (SSSR count). The summed E-state index contributed by atoms with van der Waals surface area (Å²) in [5.41, 5.74) is 1.88. The van der Waals surface area contributed by atoms with E-state index >= 15 is 0 Å². The van der Waals surface area contributed by atoms with Crippen LogP contribution in [0.5, 0.6) is 0 Å². The van der Waals surface area contributed by atoms with Crippen molar-refractivity contribution in [2.24, 2.45) is 0 Å². The maximum atomic E-state index is 13.0. The molecule has 0 amide bonds. The van der Waals surface area contributed by atoms with Crippen molar-refractivity contribution >= 4 is 40.3 Å². The Bertz CT molecular complexity index is 641. The fraction of sp³-hybridized carbons (Fsp3) is 0.0714. The Morgan fingerprint density at radius 3 is 2.20 bits per heavy atom. The largest absolute Gasteiger partial charge is 0.332 e. The van der Waals surface area contributed by atoms with E-state index in [0.717, 1.165) is 29.4 Å². The molecule has 0 atom stereocenters. The molecule has 0 fully saturated rings. The molecule has 0 bridgehead atoms. The molecule has 0 heterocycles. The molecule has 0 aromatic heterocycles. The quantitative estimate of drug-likeness (QED) is 0.784. The SMILES string of the molecule is Cc1cc(NC(=S)Nc2cc(F)cc(F)c2)ccc1Cl. The summed E-state index contributed by atoms with van der Waals surface area (Å²) in [4.78, 5) is 0. The number of aryl methyl sites for hydroxylation is 1. The van der Waals surface area contributed by atoms with Crippen LogP contribution in [0.25, 0.3) is 0 Å². The summed E-state index contributed by atoms with van der Waals surface area (Å²) in [6.07, 6.45) is 0. The van der Waals surface area contributed by atoms with Crippen molar-refractivity contribution in [1.29, 1.82) is 0 Å². The van der Waals surface area contributed by atoms with Gasteiger partial charge in [0.05, 0.1) is 0 Å². The maximum Gasteiger partial charge on any atom is 0.175 e. The first-order valence-corrected chi connectivity index (χ1v) is 6.53. The topological polar surface area (TPSA) is 24.1 Å². The van der Waals surface area contributed by atoms with Crippen LogP contribution in [0.1, 0.15) is 5.56 Å². The number of nitrogens with one attached hydrogen (secondary N) is 2. The third kappa shape index (κ3) is 3.88. The second kappa shape index (κ2) is 6.15. The zero-order valence-corrected chi connectivity index (χ0v) is 12.1. The number of benzene rings is 2. The minimum Gasteiger partial charge on any atom is -0.332 e. The van der Waals surface area contributed by atoms with Crippen LogP contribution in [0.4, 0.5) is 20.2 Å². The maximum absolute atomic E-state index is 13.0. The van der Waals surface area contributed by atoms with Gasteiger partial charge in [0.2, 0.25) is 0 Å². The van der Waals surface area contributed by atoms with Crippen LogP contribution < -0.4 is 10.6 Å². The number of thiocarbonyl (C=S) groups is 1. The third-order valence-corrected chi connectivity index (χ3v) is 3.16. The first kappa shape index (κ1) is 14.7. The zero-order chi connectivity index (χ0) is 14.7. The third-order valence-electron chi connectivity index (χ3n) is 2.54. The van der Waals surface area contributed by atoms with Crippen LogP contribution in [0.2, 0.25) is 5.02 Å². The van der Waals surface area contributed by atoms with E-state index in [9.17, 15) is 8.78 Å². The van der Waals surface area contributed by atoms with Crippen LogP contribution in [-0.2, 0) is 0 Å². The van der Waals surface area contributed by atoms with Gasteiger partial charge >= 0.3 is 0 Å². The minimum absolute atomic E-state index is 0.233. The summed E-state index contributed by atoms with van der Waals surface area (Å²) < 4.78 is 26.1. The fourth-order valence-corrected chi connectivity index (χ4v) is 2.00. The van der Waals surface area contributed by atoms with E-state index in [1.807, 2.05) is 13.0 Å². The second-order valence-electron chi connectivity index (χ2n) is 4.20. The van der Waals surface area contributed by atoms with Crippen LogP contribution >= 0.6 is 23.8 Å². The summed E-state index contributed by atoms with van der Waals surface area (Å²) in [6.45, 7) is 1.87. The molecule has 0 spiro atoms. The van der Waals surface area contributed by atoms with E-state index in [2.05, 4.69) is 10.6 Å². The molecule has 2 aromatic rings. The first-order valence-electron chi connectivity index (χ1n) is 5.74. The van der Waals surface area contributed by atoms with E-state index in [4.69, 9.17) is 23.8 Å². The first-order chi connectivity index (χ1) is 9.44. The van der Waals surface area contributed by atoms with Gasteiger partial charge in [-0.25, -0.2) is 8.78 Å². The zero-order valence-electron chi connectivity index (χ0n) is 10.5. The molecule has 20 heavy (non-hydrogen) atoms. The molecule has 0 saturated heterocycles. The molecule has 0 radical (unpaired) electrons. The van der Waals surface area contributed by atoms with Gasteiger partial charge in [0.25, 0.3) is 0 Å². The number of hydrogen-bond acceptors (Lipinski definition) is 1. The van der Waals surface area contributed by atoms with Crippen LogP contribution in [0, 0.1) is 18.6 Å². The molecule has 0 aliphatic rings. The summed E-state index contributed by atoms with van der Waals surface area (Å²) in [5, 5.41) is 6.51. The molecule has 2 aromatic carbocycles. The van der Waals surface area contributed by atoms with Gasteiger partial charge in [-0.2, -0.15) is 0 Å². The van der Waals surface area contributed by atoms with Crippen molar-refractivity contribution in [3.05, 3.63) is 58.6 Å². The molecule has 104 valence electrons. The van der Waals surface area contributed by atoms with Gasteiger partial charge in [0.15, 0.2) is 5.11 Å². The van der Waals surface area contributed by atoms with E-state index in [1.165, 1.54) is 0 Å².